The fraction of sp³-hybridized carbons (Fsp3) is 0.348. The molecule has 3 amide bonds. The van der Waals surface area contributed by atoms with Gasteiger partial charge in [0, 0.05) is 9.64 Å². The Morgan fingerprint density at radius 3 is 2.10 bits per heavy atom. The van der Waals surface area contributed by atoms with Gasteiger partial charge >= 0.3 is 0 Å². The average Bonchev–Trinajstić information content (AvgIpc) is 2.99. The van der Waals surface area contributed by atoms with E-state index in [1.165, 1.54) is 11.3 Å². The predicted octanol–water partition coefficient (Wildman–Crippen LogP) is 3.88. The van der Waals surface area contributed by atoms with E-state index < -0.39 is 6.04 Å². The van der Waals surface area contributed by atoms with Crippen LogP contribution >= 0.6 is 11.8 Å². The molecule has 0 N–H and O–H groups in total. The van der Waals surface area contributed by atoms with Crippen LogP contribution in [0.3, 0.4) is 0 Å². The van der Waals surface area contributed by atoms with Crippen LogP contribution in [-0.4, -0.2) is 39.5 Å². The minimum atomic E-state index is -0.707. The first-order valence-electron chi connectivity index (χ1n) is 10.2. The zero-order chi connectivity index (χ0) is 19.8. The molecule has 5 nitrogen and oxygen atoms in total. The molecule has 4 aliphatic rings. The summed E-state index contributed by atoms with van der Waals surface area (Å²) in [7, 11) is 0. The Bertz CT molecular complexity index is 1040. The number of hydrogen-bond acceptors (Lipinski definition) is 4. The van der Waals surface area contributed by atoms with Crippen LogP contribution in [0.1, 0.15) is 52.8 Å². The minimum absolute atomic E-state index is 0.137. The van der Waals surface area contributed by atoms with Gasteiger partial charge in [0.15, 0.2) is 0 Å². The van der Waals surface area contributed by atoms with E-state index >= 15 is 0 Å². The number of carbonyl (C=O) groups excluding carboxylic acids is 3. The molecular formula is C23H20N2O3S. The summed E-state index contributed by atoms with van der Waals surface area (Å²) in [6.45, 7) is 0. The number of benzene rings is 2. The van der Waals surface area contributed by atoms with Crippen molar-refractivity contribution in [3.63, 3.8) is 0 Å². The molecule has 0 radical (unpaired) electrons. The minimum Gasteiger partial charge on any atom is -0.302 e. The Morgan fingerprint density at radius 2 is 1.41 bits per heavy atom. The van der Waals surface area contributed by atoms with Gasteiger partial charge in [-0.25, -0.2) is 0 Å². The van der Waals surface area contributed by atoms with Crippen LogP contribution in [0.5, 0.6) is 0 Å². The smallest absolute Gasteiger partial charge is 0.262 e. The van der Waals surface area contributed by atoms with Gasteiger partial charge in [-0.15, -0.1) is 11.8 Å². The molecule has 1 saturated heterocycles. The molecule has 1 saturated carbocycles. The summed E-state index contributed by atoms with van der Waals surface area (Å²) in [5.41, 5.74) is 1.73. The zero-order valence-corrected chi connectivity index (χ0v) is 16.7. The molecule has 2 fully saturated rings. The Balaban J connectivity index is 1.46. The van der Waals surface area contributed by atoms with Crippen molar-refractivity contribution in [2.24, 2.45) is 0 Å². The molecule has 2 aromatic carbocycles. The quantitative estimate of drug-likeness (QED) is 0.535. The molecule has 0 aromatic heterocycles. The molecule has 1 spiro atoms. The van der Waals surface area contributed by atoms with Crippen molar-refractivity contribution >= 4 is 35.2 Å². The fourth-order valence-corrected chi connectivity index (χ4v) is 7.25. The maximum absolute atomic E-state index is 13.4. The fourth-order valence-electron chi connectivity index (χ4n) is 5.55. The molecular weight excluding hydrogens is 384 g/mol. The van der Waals surface area contributed by atoms with Crippen molar-refractivity contribution in [1.82, 2.24) is 4.90 Å². The van der Waals surface area contributed by atoms with Gasteiger partial charge in [0.2, 0.25) is 0 Å². The topological polar surface area (TPSA) is 57.7 Å². The first-order chi connectivity index (χ1) is 14.1. The van der Waals surface area contributed by atoms with E-state index in [0.29, 0.717) is 11.1 Å². The van der Waals surface area contributed by atoms with E-state index in [0.717, 1.165) is 36.3 Å². The Morgan fingerprint density at radius 1 is 0.793 bits per heavy atom. The van der Waals surface area contributed by atoms with Crippen LogP contribution in [0.2, 0.25) is 0 Å². The lowest BCUT2D eigenvalue weighted by molar-refractivity contribution is -0.131. The second kappa shape index (κ2) is 5.95. The Hall–Kier alpha value is -2.60. The number of carbonyl (C=O) groups is 3. The second-order valence-electron chi connectivity index (χ2n) is 8.32. The molecule has 2 atom stereocenters. The molecule has 3 heterocycles. The lowest BCUT2D eigenvalue weighted by Crippen LogP contribution is -2.79. The van der Waals surface area contributed by atoms with Gasteiger partial charge in [-0.2, -0.15) is 0 Å². The highest BCUT2D eigenvalue weighted by Gasteiger charge is 2.65. The summed E-state index contributed by atoms with van der Waals surface area (Å²) in [4.78, 5) is 43.8. The third-order valence-electron chi connectivity index (χ3n) is 6.85. The maximum atomic E-state index is 13.4. The number of hydrogen-bond donors (Lipinski definition) is 0. The summed E-state index contributed by atoms with van der Waals surface area (Å²) >= 11 is 1.85. The van der Waals surface area contributed by atoms with E-state index in [1.807, 2.05) is 34.9 Å². The third kappa shape index (κ3) is 2.15. The number of imide groups is 1. The van der Waals surface area contributed by atoms with Gasteiger partial charge in [-0.05, 0) is 37.1 Å². The SMILES string of the molecule is O=C1c2ccccc2C(=O)N1[C@@H]1C(=O)N2c3ccccc3SC3(CCCCC3)[C@@H]12. The largest absolute Gasteiger partial charge is 0.302 e. The summed E-state index contributed by atoms with van der Waals surface area (Å²) in [5.74, 6) is -0.806. The molecule has 6 heteroatoms. The molecule has 6 rings (SSSR count). The first-order valence-corrected chi connectivity index (χ1v) is 11.0. The number of anilines is 1. The van der Waals surface area contributed by atoms with Crippen LogP contribution in [0, 0.1) is 0 Å². The van der Waals surface area contributed by atoms with Gasteiger partial charge in [0.05, 0.1) is 22.9 Å². The highest BCUT2D eigenvalue weighted by molar-refractivity contribution is 8.01. The van der Waals surface area contributed by atoms with Gasteiger partial charge in [-0.1, -0.05) is 43.5 Å². The average molecular weight is 404 g/mol. The Kier molecular flexibility index (Phi) is 3.55. The van der Waals surface area contributed by atoms with E-state index in [1.54, 1.807) is 24.3 Å². The van der Waals surface area contributed by atoms with E-state index in [4.69, 9.17) is 0 Å². The number of amides is 3. The van der Waals surface area contributed by atoms with Crippen molar-refractivity contribution in [3.8, 4) is 0 Å². The van der Waals surface area contributed by atoms with Crippen molar-refractivity contribution in [3.05, 3.63) is 59.7 Å². The summed E-state index contributed by atoms with van der Waals surface area (Å²) in [6, 6.07) is 14.0. The van der Waals surface area contributed by atoms with E-state index in [-0.39, 0.29) is 28.5 Å². The molecule has 146 valence electrons. The van der Waals surface area contributed by atoms with Crippen LogP contribution < -0.4 is 4.90 Å². The number of nitrogens with zero attached hydrogens (tertiary/aromatic N) is 2. The van der Waals surface area contributed by atoms with Crippen molar-refractivity contribution in [2.75, 3.05) is 4.90 Å². The van der Waals surface area contributed by atoms with Crippen molar-refractivity contribution in [1.29, 1.82) is 0 Å². The highest BCUT2D eigenvalue weighted by Crippen LogP contribution is 2.59. The predicted molar refractivity (Wildman–Crippen MR) is 110 cm³/mol. The lowest BCUT2D eigenvalue weighted by Gasteiger charge is -2.61. The summed E-state index contributed by atoms with van der Waals surface area (Å²) in [5, 5.41) is 0. The zero-order valence-electron chi connectivity index (χ0n) is 15.8. The highest BCUT2D eigenvalue weighted by atomic mass is 32.2. The van der Waals surface area contributed by atoms with Crippen molar-refractivity contribution in [2.45, 2.75) is 53.8 Å². The van der Waals surface area contributed by atoms with Gasteiger partial charge in [0.25, 0.3) is 17.7 Å². The van der Waals surface area contributed by atoms with Gasteiger partial charge < -0.3 is 4.90 Å². The van der Waals surface area contributed by atoms with E-state index in [2.05, 4.69) is 6.07 Å². The van der Waals surface area contributed by atoms with Gasteiger partial charge in [-0.3, -0.25) is 19.3 Å². The van der Waals surface area contributed by atoms with Crippen LogP contribution in [0.15, 0.2) is 53.4 Å². The normalized spacial score (nSPS) is 26.8. The first kappa shape index (κ1) is 17.3. The second-order valence-corrected chi connectivity index (χ2v) is 9.78. The van der Waals surface area contributed by atoms with Crippen LogP contribution in [0.25, 0.3) is 0 Å². The summed E-state index contributed by atoms with van der Waals surface area (Å²) in [6.07, 6.45) is 5.42. The number of thioether (sulfide) groups is 1. The molecule has 1 aliphatic carbocycles. The lowest BCUT2D eigenvalue weighted by atomic mass is 9.73. The molecule has 29 heavy (non-hydrogen) atoms. The van der Waals surface area contributed by atoms with Gasteiger partial charge in [0.1, 0.15) is 6.04 Å². The number of rotatable bonds is 1. The standard InChI is InChI=1S/C23H20N2O3S/c26-20-14-8-2-3-9-15(14)21(27)25(20)18-19-23(12-6-1-7-13-23)29-17-11-5-4-10-16(17)24(19)22(18)28/h2-5,8-11,18-19H,1,6-7,12-13H2/t18-,19+/m0/s1. The molecule has 2 aromatic rings. The Labute approximate surface area is 173 Å². The molecule has 0 bridgehead atoms. The molecule has 0 unspecified atom stereocenters. The van der Waals surface area contributed by atoms with Crippen LogP contribution in [0.4, 0.5) is 5.69 Å². The van der Waals surface area contributed by atoms with E-state index in [9.17, 15) is 14.4 Å². The number of fused-ring (bicyclic) bond motifs is 5. The van der Waals surface area contributed by atoms with Crippen LogP contribution in [-0.2, 0) is 4.79 Å². The maximum Gasteiger partial charge on any atom is 0.262 e. The van der Waals surface area contributed by atoms with Crippen molar-refractivity contribution < 1.29 is 14.4 Å². The number of para-hydroxylation sites is 1. The number of β-lactam (4-membered cyclic amide) rings is 1. The third-order valence-corrected chi connectivity index (χ3v) is 8.47. The summed E-state index contributed by atoms with van der Waals surface area (Å²) < 4.78 is -0.138. The molecule has 3 aliphatic heterocycles. The monoisotopic (exact) mass is 404 g/mol.